The summed E-state index contributed by atoms with van der Waals surface area (Å²) in [6.07, 6.45) is 0. The molecule has 1 N–H and O–H groups in total. The molecule has 2 heterocycles. The Morgan fingerprint density at radius 1 is 1.00 bits per heavy atom. The standard InChI is InChI=1S/C22H21N5O3/c1-3-29-17-12-10-16(11-13-17)19-7-5-9-21(23-19)30-14-18-15(2)6-4-8-20(18)27-22(28)24-25-26-27/h4-13H,3,14H2,1-2H3,(H,24,26,28). The predicted molar refractivity (Wildman–Crippen MR) is 112 cm³/mol. The van der Waals surface area contributed by atoms with Crippen LogP contribution < -0.4 is 15.2 Å². The minimum atomic E-state index is -0.405. The van der Waals surface area contributed by atoms with Gasteiger partial charge in [0.2, 0.25) is 5.88 Å². The largest absolute Gasteiger partial charge is 0.494 e. The van der Waals surface area contributed by atoms with E-state index in [-0.39, 0.29) is 6.61 Å². The molecule has 0 saturated carbocycles. The van der Waals surface area contributed by atoms with Gasteiger partial charge in [0.05, 0.1) is 18.0 Å². The number of aryl methyl sites for hydroxylation is 1. The minimum Gasteiger partial charge on any atom is -0.494 e. The molecule has 0 unspecified atom stereocenters. The molecule has 8 nitrogen and oxygen atoms in total. The molecule has 0 radical (unpaired) electrons. The number of rotatable bonds is 7. The average molecular weight is 403 g/mol. The number of H-pyrrole nitrogens is 1. The van der Waals surface area contributed by atoms with Crippen LogP contribution in [0, 0.1) is 6.92 Å². The van der Waals surface area contributed by atoms with Gasteiger partial charge in [-0.3, -0.25) is 0 Å². The molecule has 8 heteroatoms. The number of aromatic nitrogens is 5. The topological polar surface area (TPSA) is 94.9 Å². The second-order valence-electron chi connectivity index (χ2n) is 6.60. The van der Waals surface area contributed by atoms with Crippen LogP contribution in [0.1, 0.15) is 18.1 Å². The summed E-state index contributed by atoms with van der Waals surface area (Å²) in [5.41, 5.74) is 3.80. The Balaban J connectivity index is 1.56. The van der Waals surface area contributed by atoms with Crippen molar-refractivity contribution >= 4 is 0 Å². The third kappa shape index (κ3) is 4.07. The van der Waals surface area contributed by atoms with Gasteiger partial charge >= 0.3 is 5.69 Å². The number of pyridine rings is 1. The van der Waals surface area contributed by atoms with E-state index in [0.717, 1.165) is 28.1 Å². The van der Waals surface area contributed by atoms with Crippen molar-refractivity contribution in [2.75, 3.05) is 6.61 Å². The monoisotopic (exact) mass is 403 g/mol. The van der Waals surface area contributed by atoms with Gasteiger partial charge < -0.3 is 9.47 Å². The molecular formula is C22H21N5O3. The summed E-state index contributed by atoms with van der Waals surface area (Å²) in [7, 11) is 0. The van der Waals surface area contributed by atoms with Gasteiger partial charge in [-0.1, -0.05) is 18.2 Å². The normalized spacial score (nSPS) is 10.7. The number of aromatic amines is 1. The van der Waals surface area contributed by atoms with Crippen LogP contribution in [0.3, 0.4) is 0 Å². The maximum Gasteiger partial charge on any atom is 0.365 e. The third-order valence-corrected chi connectivity index (χ3v) is 4.63. The van der Waals surface area contributed by atoms with Gasteiger partial charge in [-0.25, -0.2) is 14.9 Å². The van der Waals surface area contributed by atoms with Crippen LogP contribution in [0.5, 0.6) is 11.6 Å². The van der Waals surface area contributed by atoms with Crippen LogP contribution in [0.2, 0.25) is 0 Å². The van der Waals surface area contributed by atoms with E-state index in [2.05, 4.69) is 20.5 Å². The van der Waals surface area contributed by atoms with E-state index in [9.17, 15) is 4.79 Å². The molecule has 2 aromatic heterocycles. The highest BCUT2D eigenvalue weighted by atomic mass is 16.5. The van der Waals surface area contributed by atoms with Crippen LogP contribution in [0.25, 0.3) is 16.9 Å². The first-order valence-electron chi connectivity index (χ1n) is 9.58. The second-order valence-corrected chi connectivity index (χ2v) is 6.60. The van der Waals surface area contributed by atoms with Crippen molar-refractivity contribution in [3.63, 3.8) is 0 Å². The fourth-order valence-electron chi connectivity index (χ4n) is 3.12. The quantitative estimate of drug-likeness (QED) is 0.509. The van der Waals surface area contributed by atoms with Gasteiger partial charge in [0.1, 0.15) is 12.4 Å². The van der Waals surface area contributed by atoms with Crippen molar-refractivity contribution in [3.8, 4) is 28.6 Å². The highest BCUT2D eigenvalue weighted by Crippen LogP contribution is 2.24. The van der Waals surface area contributed by atoms with Crippen molar-refractivity contribution in [3.05, 3.63) is 82.3 Å². The molecule has 0 fully saturated rings. The molecule has 0 aliphatic carbocycles. The first kappa shape index (κ1) is 19.4. The SMILES string of the molecule is CCOc1ccc(-c2cccc(OCc3c(C)cccc3-n3nn[nH]c3=O)n2)cc1. The Hall–Kier alpha value is -3.94. The van der Waals surface area contributed by atoms with Crippen molar-refractivity contribution in [1.29, 1.82) is 0 Å². The van der Waals surface area contributed by atoms with Gasteiger partial charge in [-0.05, 0) is 66.2 Å². The Bertz CT molecular complexity index is 1200. The van der Waals surface area contributed by atoms with Crippen LogP contribution in [0.4, 0.5) is 0 Å². The van der Waals surface area contributed by atoms with Crippen molar-refractivity contribution in [2.45, 2.75) is 20.5 Å². The molecule has 0 aliphatic rings. The Morgan fingerprint density at radius 2 is 1.80 bits per heavy atom. The van der Waals surface area contributed by atoms with Crippen LogP contribution >= 0.6 is 0 Å². The minimum absolute atomic E-state index is 0.237. The molecule has 30 heavy (non-hydrogen) atoms. The number of nitrogens with zero attached hydrogens (tertiary/aromatic N) is 4. The van der Waals surface area contributed by atoms with Crippen molar-refractivity contribution in [1.82, 2.24) is 25.2 Å². The summed E-state index contributed by atoms with van der Waals surface area (Å²) < 4.78 is 12.7. The molecule has 4 aromatic rings. The summed E-state index contributed by atoms with van der Waals surface area (Å²) >= 11 is 0. The molecule has 0 atom stereocenters. The van der Waals surface area contributed by atoms with Gasteiger partial charge in [0.25, 0.3) is 0 Å². The Kier molecular flexibility index (Phi) is 5.56. The van der Waals surface area contributed by atoms with E-state index >= 15 is 0 Å². The predicted octanol–water partition coefficient (Wildman–Crippen LogP) is 3.30. The summed E-state index contributed by atoms with van der Waals surface area (Å²) in [5, 5.41) is 9.71. The van der Waals surface area contributed by atoms with E-state index in [4.69, 9.17) is 9.47 Å². The Labute approximate surface area is 173 Å². The number of nitrogens with one attached hydrogen (secondary N) is 1. The molecule has 0 spiro atoms. The molecule has 2 aromatic carbocycles. The van der Waals surface area contributed by atoms with Crippen LogP contribution in [-0.2, 0) is 6.61 Å². The van der Waals surface area contributed by atoms with E-state index in [1.54, 1.807) is 12.1 Å². The lowest BCUT2D eigenvalue weighted by atomic mass is 10.1. The van der Waals surface area contributed by atoms with E-state index in [0.29, 0.717) is 18.2 Å². The van der Waals surface area contributed by atoms with E-state index in [1.807, 2.05) is 62.4 Å². The highest BCUT2D eigenvalue weighted by Gasteiger charge is 2.12. The molecule has 0 amide bonds. The van der Waals surface area contributed by atoms with Crippen molar-refractivity contribution in [2.24, 2.45) is 0 Å². The first-order valence-corrected chi connectivity index (χ1v) is 9.58. The van der Waals surface area contributed by atoms with Gasteiger partial charge in [-0.2, -0.15) is 4.68 Å². The van der Waals surface area contributed by atoms with Gasteiger partial charge in [0, 0.05) is 17.2 Å². The zero-order valence-corrected chi connectivity index (χ0v) is 16.7. The van der Waals surface area contributed by atoms with Gasteiger partial charge in [0.15, 0.2) is 0 Å². The summed E-state index contributed by atoms with van der Waals surface area (Å²) in [6.45, 7) is 4.77. The number of hydrogen-bond donors (Lipinski definition) is 1. The molecule has 0 saturated heterocycles. The van der Waals surface area contributed by atoms with E-state index < -0.39 is 5.69 Å². The van der Waals surface area contributed by atoms with Crippen LogP contribution in [0.15, 0.2) is 65.5 Å². The smallest absolute Gasteiger partial charge is 0.365 e. The lowest BCUT2D eigenvalue weighted by Crippen LogP contribution is -2.18. The fraction of sp³-hybridized carbons (Fsp3) is 0.182. The van der Waals surface area contributed by atoms with Crippen molar-refractivity contribution < 1.29 is 9.47 Å². The van der Waals surface area contributed by atoms with E-state index in [1.165, 1.54) is 4.68 Å². The zero-order chi connectivity index (χ0) is 20.9. The summed E-state index contributed by atoms with van der Waals surface area (Å²) in [6, 6.07) is 19.0. The first-order chi connectivity index (χ1) is 14.7. The number of hydrogen-bond acceptors (Lipinski definition) is 6. The lowest BCUT2D eigenvalue weighted by molar-refractivity contribution is 0.293. The molecule has 0 bridgehead atoms. The Morgan fingerprint density at radius 3 is 2.53 bits per heavy atom. The molecule has 4 rings (SSSR count). The molecule has 0 aliphatic heterocycles. The average Bonchev–Trinajstić information content (AvgIpc) is 3.19. The molecular weight excluding hydrogens is 382 g/mol. The number of benzene rings is 2. The second kappa shape index (κ2) is 8.60. The number of tetrazole rings is 1. The highest BCUT2D eigenvalue weighted by molar-refractivity contribution is 5.60. The zero-order valence-electron chi connectivity index (χ0n) is 16.7. The maximum absolute atomic E-state index is 11.9. The third-order valence-electron chi connectivity index (χ3n) is 4.63. The summed E-state index contributed by atoms with van der Waals surface area (Å²) in [4.78, 5) is 16.6. The summed E-state index contributed by atoms with van der Waals surface area (Å²) in [5.74, 6) is 1.31. The fourth-order valence-corrected chi connectivity index (χ4v) is 3.12. The maximum atomic E-state index is 11.9. The van der Waals surface area contributed by atoms with Crippen LogP contribution in [-0.4, -0.2) is 31.8 Å². The number of ether oxygens (including phenoxy) is 2. The van der Waals surface area contributed by atoms with Gasteiger partial charge in [-0.15, -0.1) is 0 Å². The lowest BCUT2D eigenvalue weighted by Gasteiger charge is -2.13. The molecule has 152 valence electrons.